The molecule has 0 saturated heterocycles. The lowest BCUT2D eigenvalue weighted by molar-refractivity contribution is 0.356. The van der Waals surface area contributed by atoms with Gasteiger partial charge in [-0.25, -0.2) is 15.0 Å². The first-order valence-corrected chi connectivity index (χ1v) is 11.3. The van der Waals surface area contributed by atoms with Gasteiger partial charge in [-0.05, 0) is 25.0 Å². The van der Waals surface area contributed by atoms with Crippen molar-refractivity contribution >= 4 is 27.9 Å². The van der Waals surface area contributed by atoms with Crippen molar-refractivity contribution in [3.8, 4) is 22.9 Å². The summed E-state index contributed by atoms with van der Waals surface area (Å²) >= 11 is 0. The maximum atomic E-state index is 13.2. The largest absolute Gasteiger partial charge is 0.493 e. The SMILES string of the molecule is COc1cc2nc(-c3cc4nn(C)c(N(Cc5ncccn5)C5CC5)c4[nH]c3=O)[nH]c2cc1OC. The molecular weight excluding hydrogens is 448 g/mol. The average Bonchev–Trinajstić information content (AvgIpc) is 3.55. The number of ether oxygens (including phenoxy) is 2. The molecular formula is C24H24N8O3. The Hall–Kier alpha value is -4.41. The number of benzene rings is 1. The van der Waals surface area contributed by atoms with Crippen molar-refractivity contribution in [3.05, 3.63) is 52.8 Å². The fourth-order valence-electron chi connectivity index (χ4n) is 4.44. The van der Waals surface area contributed by atoms with E-state index >= 15 is 0 Å². The minimum absolute atomic E-state index is 0.253. The van der Waals surface area contributed by atoms with Crippen LogP contribution in [0.2, 0.25) is 0 Å². The number of imidazole rings is 1. The average molecular weight is 473 g/mol. The molecule has 178 valence electrons. The monoisotopic (exact) mass is 472 g/mol. The maximum absolute atomic E-state index is 13.2. The fraction of sp³-hybridized carbons (Fsp3) is 0.292. The summed E-state index contributed by atoms with van der Waals surface area (Å²) in [6, 6.07) is 7.51. The molecule has 0 aliphatic heterocycles. The summed E-state index contributed by atoms with van der Waals surface area (Å²) in [7, 11) is 5.03. The summed E-state index contributed by atoms with van der Waals surface area (Å²) in [6.45, 7) is 0.539. The van der Waals surface area contributed by atoms with Crippen LogP contribution in [0, 0.1) is 0 Å². The van der Waals surface area contributed by atoms with Gasteiger partial charge in [0.25, 0.3) is 5.56 Å². The van der Waals surface area contributed by atoms with Crippen molar-refractivity contribution < 1.29 is 9.47 Å². The molecule has 35 heavy (non-hydrogen) atoms. The van der Waals surface area contributed by atoms with Crippen molar-refractivity contribution in [1.29, 1.82) is 0 Å². The van der Waals surface area contributed by atoms with Crippen molar-refractivity contribution in [2.24, 2.45) is 7.05 Å². The summed E-state index contributed by atoms with van der Waals surface area (Å²) in [5.74, 6) is 3.16. The second kappa shape index (κ2) is 8.12. The molecule has 0 radical (unpaired) electrons. The third-order valence-corrected chi connectivity index (χ3v) is 6.24. The first-order valence-electron chi connectivity index (χ1n) is 11.3. The molecule has 0 atom stereocenters. The van der Waals surface area contributed by atoms with E-state index in [0.29, 0.717) is 52.0 Å². The summed E-state index contributed by atoms with van der Waals surface area (Å²) in [5, 5.41) is 4.70. The molecule has 0 bridgehead atoms. The van der Waals surface area contributed by atoms with Gasteiger partial charge >= 0.3 is 0 Å². The van der Waals surface area contributed by atoms with Gasteiger partial charge in [0, 0.05) is 37.6 Å². The van der Waals surface area contributed by atoms with Crippen molar-refractivity contribution in [2.45, 2.75) is 25.4 Å². The first-order chi connectivity index (χ1) is 17.1. The van der Waals surface area contributed by atoms with E-state index in [1.165, 1.54) is 0 Å². The van der Waals surface area contributed by atoms with Crippen LogP contribution in [0.15, 0.2) is 41.5 Å². The molecule has 6 rings (SSSR count). The number of fused-ring (bicyclic) bond motifs is 2. The van der Waals surface area contributed by atoms with Crippen LogP contribution in [-0.4, -0.2) is 55.0 Å². The molecule has 11 heteroatoms. The van der Waals surface area contributed by atoms with Crippen molar-refractivity contribution in [1.82, 2.24) is 34.7 Å². The number of nitrogens with zero attached hydrogens (tertiary/aromatic N) is 6. The highest BCUT2D eigenvalue weighted by atomic mass is 16.5. The van der Waals surface area contributed by atoms with E-state index in [2.05, 4.69) is 29.8 Å². The minimum Gasteiger partial charge on any atom is -0.493 e. The standard InChI is InChI=1S/C24H24N8O3/c1-31-24(32(13-5-6-13)12-20-25-7-4-8-26-20)21-17(30-31)9-14(23(33)29-21)22-27-15-10-18(34-2)19(35-3)11-16(15)28-22/h4,7-11,13H,5-6,12H2,1-3H3,(H,27,28)(H,29,33). The van der Waals surface area contributed by atoms with Gasteiger partial charge in [0.05, 0.1) is 37.4 Å². The molecule has 0 amide bonds. The number of methoxy groups -OCH3 is 2. The van der Waals surface area contributed by atoms with Crippen molar-refractivity contribution in [3.63, 3.8) is 0 Å². The molecule has 1 aliphatic carbocycles. The van der Waals surface area contributed by atoms with Gasteiger partial charge in [0.15, 0.2) is 17.3 Å². The number of hydrogen-bond acceptors (Lipinski definition) is 8. The number of aryl methyl sites for hydroxylation is 1. The number of aromatic nitrogens is 7. The van der Waals surface area contributed by atoms with Crippen LogP contribution in [0.1, 0.15) is 18.7 Å². The Morgan fingerprint density at radius 1 is 1.06 bits per heavy atom. The summed E-state index contributed by atoms with van der Waals surface area (Å²) in [4.78, 5) is 35.1. The summed E-state index contributed by atoms with van der Waals surface area (Å²) in [6.07, 6.45) is 5.63. The van der Waals surface area contributed by atoms with Crippen LogP contribution in [0.5, 0.6) is 11.5 Å². The number of anilines is 1. The Morgan fingerprint density at radius 3 is 2.51 bits per heavy atom. The van der Waals surface area contributed by atoms with E-state index in [1.807, 2.05) is 7.05 Å². The molecule has 5 aromatic rings. The zero-order valence-corrected chi connectivity index (χ0v) is 19.6. The van der Waals surface area contributed by atoms with E-state index < -0.39 is 0 Å². The van der Waals surface area contributed by atoms with E-state index in [4.69, 9.17) is 14.6 Å². The number of aromatic amines is 2. The smallest absolute Gasteiger partial charge is 0.259 e. The van der Waals surface area contributed by atoms with Crippen LogP contribution in [0.25, 0.3) is 33.5 Å². The molecule has 1 saturated carbocycles. The minimum atomic E-state index is -0.253. The predicted octanol–water partition coefficient (Wildman–Crippen LogP) is 2.78. The normalized spacial score (nSPS) is 13.5. The van der Waals surface area contributed by atoms with Gasteiger partial charge in [0.2, 0.25) is 0 Å². The second-order valence-corrected chi connectivity index (χ2v) is 8.55. The van der Waals surface area contributed by atoms with Crippen LogP contribution >= 0.6 is 0 Å². The van der Waals surface area contributed by atoms with E-state index in [-0.39, 0.29) is 5.56 Å². The Balaban J connectivity index is 1.44. The molecule has 4 heterocycles. The zero-order valence-electron chi connectivity index (χ0n) is 19.6. The number of hydrogen-bond donors (Lipinski definition) is 2. The molecule has 2 N–H and O–H groups in total. The molecule has 1 aromatic carbocycles. The number of rotatable bonds is 7. The Kier molecular flexibility index (Phi) is 4.90. The quantitative estimate of drug-likeness (QED) is 0.370. The fourth-order valence-corrected chi connectivity index (χ4v) is 4.44. The van der Waals surface area contributed by atoms with Crippen LogP contribution in [0.3, 0.4) is 0 Å². The van der Waals surface area contributed by atoms with E-state index in [9.17, 15) is 4.79 Å². The summed E-state index contributed by atoms with van der Waals surface area (Å²) < 4.78 is 12.6. The number of nitrogens with one attached hydrogen (secondary N) is 2. The van der Waals surface area contributed by atoms with E-state index in [1.54, 1.807) is 55.6 Å². The molecule has 1 aliphatic rings. The number of pyridine rings is 1. The van der Waals surface area contributed by atoms with Gasteiger partial charge in [-0.2, -0.15) is 5.10 Å². The molecule has 0 unspecified atom stereocenters. The Labute approximate surface area is 199 Å². The topological polar surface area (TPSA) is 127 Å². The maximum Gasteiger partial charge on any atom is 0.259 e. The lowest BCUT2D eigenvalue weighted by atomic mass is 10.2. The lowest BCUT2D eigenvalue weighted by Gasteiger charge is -2.23. The number of H-pyrrole nitrogens is 2. The van der Waals surface area contributed by atoms with Gasteiger partial charge in [-0.1, -0.05) is 0 Å². The van der Waals surface area contributed by atoms with Crippen LogP contribution < -0.4 is 19.9 Å². The molecule has 1 fully saturated rings. The van der Waals surface area contributed by atoms with Gasteiger partial charge in [-0.15, -0.1) is 0 Å². The third-order valence-electron chi connectivity index (χ3n) is 6.24. The third kappa shape index (κ3) is 3.65. The Morgan fingerprint density at radius 2 is 1.80 bits per heavy atom. The highest BCUT2D eigenvalue weighted by molar-refractivity contribution is 5.90. The molecule has 4 aromatic heterocycles. The van der Waals surface area contributed by atoms with Crippen molar-refractivity contribution in [2.75, 3.05) is 19.1 Å². The van der Waals surface area contributed by atoms with Crippen LogP contribution in [-0.2, 0) is 13.6 Å². The first kappa shape index (κ1) is 21.1. The predicted molar refractivity (Wildman–Crippen MR) is 131 cm³/mol. The van der Waals surface area contributed by atoms with Gasteiger partial charge in [0.1, 0.15) is 22.7 Å². The van der Waals surface area contributed by atoms with Gasteiger partial charge in [-0.3, -0.25) is 9.48 Å². The Bertz CT molecular complexity index is 1560. The zero-order chi connectivity index (χ0) is 24.1. The lowest BCUT2D eigenvalue weighted by Crippen LogP contribution is -2.28. The molecule has 0 spiro atoms. The highest BCUT2D eigenvalue weighted by Gasteiger charge is 2.33. The van der Waals surface area contributed by atoms with E-state index in [0.717, 1.165) is 30.0 Å². The van der Waals surface area contributed by atoms with Crippen LogP contribution in [0.4, 0.5) is 5.82 Å². The second-order valence-electron chi connectivity index (χ2n) is 8.55. The summed E-state index contributed by atoms with van der Waals surface area (Å²) in [5.41, 5.74) is 2.91. The highest BCUT2D eigenvalue weighted by Crippen LogP contribution is 2.36. The molecule has 11 nitrogen and oxygen atoms in total. The van der Waals surface area contributed by atoms with Gasteiger partial charge < -0.3 is 24.3 Å².